The van der Waals surface area contributed by atoms with Gasteiger partial charge in [0.15, 0.2) is 0 Å². The molecule has 1 atom stereocenters. The smallest absolute Gasteiger partial charge is 0.247 e. The summed E-state index contributed by atoms with van der Waals surface area (Å²) in [4.78, 5) is 12.7. The van der Waals surface area contributed by atoms with E-state index in [0.29, 0.717) is 18.9 Å². The zero-order valence-corrected chi connectivity index (χ0v) is 17.1. The third kappa shape index (κ3) is 3.55. The summed E-state index contributed by atoms with van der Waals surface area (Å²) in [7, 11) is -1.65. The first-order valence-electron chi connectivity index (χ1n) is 10.2. The first kappa shape index (κ1) is 19.4. The van der Waals surface area contributed by atoms with Gasteiger partial charge in [0.25, 0.3) is 0 Å². The van der Waals surface area contributed by atoms with E-state index in [2.05, 4.69) is 5.10 Å². The molecule has 0 radical (unpaired) electrons. The third-order valence-electron chi connectivity index (χ3n) is 6.05. The summed E-state index contributed by atoms with van der Waals surface area (Å²) in [5.74, 6) is 0.573. The minimum absolute atomic E-state index is 0.0822. The fraction of sp³-hybridized carbons (Fsp3) is 0.600. The van der Waals surface area contributed by atoms with Crippen LogP contribution >= 0.6 is 0 Å². The van der Waals surface area contributed by atoms with E-state index in [0.717, 1.165) is 50.6 Å². The van der Waals surface area contributed by atoms with E-state index < -0.39 is 10.0 Å². The second-order valence-electron chi connectivity index (χ2n) is 7.94. The number of hydrogen-bond donors (Lipinski definition) is 0. The van der Waals surface area contributed by atoms with Gasteiger partial charge < -0.3 is 0 Å². The van der Waals surface area contributed by atoms with Crippen molar-refractivity contribution >= 4 is 10.0 Å². The van der Waals surface area contributed by atoms with Crippen LogP contribution in [0.1, 0.15) is 56.7 Å². The zero-order chi connectivity index (χ0) is 19.7. The van der Waals surface area contributed by atoms with Crippen molar-refractivity contribution in [1.82, 2.24) is 18.7 Å². The van der Waals surface area contributed by atoms with Gasteiger partial charge in [0, 0.05) is 26.1 Å². The summed E-state index contributed by atoms with van der Waals surface area (Å²) in [6.07, 6.45) is 6.27. The maximum absolute atomic E-state index is 13.2. The van der Waals surface area contributed by atoms with Gasteiger partial charge in [0.1, 0.15) is 5.82 Å². The first-order valence-corrected chi connectivity index (χ1v) is 11.7. The van der Waals surface area contributed by atoms with Gasteiger partial charge in [-0.15, -0.1) is 0 Å². The molecule has 1 saturated heterocycles. The molecule has 1 aliphatic carbocycles. The number of rotatable bonds is 4. The lowest BCUT2D eigenvalue weighted by Crippen LogP contribution is -2.45. The molecular weight excluding hydrogens is 376 g/mol. The molecule has 0 spiro atoms. The van der Waals surface area contributed by atoms with E-state index in [1.807, 2.05) is 30.3 Å². The highest BCUT2D eigenvalue weighted by Gasteiger charge is 2.37. The van der Waals surface area contributed by atoms with E-state index >= 15 is 0 Å². The van der Waals surface area contributed by atoms with Gasteiger partial charge in [-0.25, -0.2) is 26.8 Å². The Balaban J connectivity index is 1.64. The lowest BCUT2D eigenvalue weighted by Gasteiger charge is -2.35. The molecule has 8 heteroatoms. The molecule has 2 heterocycles. The molecule has 4 rings (SSSR count). The number of piperidine rings is 1. The van der Waals surface area contributed by atoms with Crippen LogP contribution in [0.3, 0.4) is 0 Å². The van der Waals surface area contributed by atoms with Gasteiger partial charge >= 0.3 is 5.69 Å². The maximum atomic E-state index is 13.2. The van der Waals surface area contributed by atoms with Crippen LogP contribution in [0.25, 0.3) is 5.69 Å². The van der Waals surface area contributed by atoms with Crippen molar-refractivity contribution in [2.75, 3.05) is 13.1 Å². The number of para-hydroxylation sites is 1. The van der Waals surface area contributed by atoms with Crippen molar-refractivity contribution in [3.05, 3.63) is 46.6 Å². The predicted molar refractivity (Wildman–Crippen MR) is 108 cm³/mol. The van der Waals surface area contributed by atoms with E-state index in [9.17, 15) is 13.2 Å². The third-order valence-corrected chi connectivity index (χ3v) is 8.41. The molecule has 1 aromatic carbocycles. The average Bonchev–Trinajstić information content (AvgIpc) is 3.04. The largest absolute Gasteiger partial charge is 0.350 e. The van der Waals surface area contributed by atoms with Crippen LogP contribution in [0.2, 0.25) is 0 Å². The molecule has 0 bridgehead atoms. The monoisotopic (exact) mass is 404 g/mol. The Kier molecular flexibility index (Phi) is 5.42. The van der Waals surface area contributed by atoms with Gasteiger partial charge in [-0.05, 0) is 37.8 Å². The van der Waals surface area contributed by atoms with Gasteiger partial charge in [0.05, 0.1) is 10.9 Å². The van der Waals surface area contributed by atoms with Crippen molar-refractivity contribution in [1.29, 1.82) is 0 Å². The van der Waals surface area contributed by atoms with Gasteiger partial charge in [0.2, 0.25) is 10.0 Å². The van der Waals surface area contributed by atoms with Gasteiger partial charge in [-0.2, -0.15) is 5.10 Å². The molecule has 2 aliphatic rings. The Morgan fingerprint density at radius 1 is 1.00 bits per heavy atom. The minimum Gasteiger partial charge on any atom is -0.247 e. The Morgan fingerprint density at radius 3 is 2.43 bits per heavy atom. The predicted octanol–water partition coefficient (Wildman–Crippen LogP) is 2.41. The zero-order valence-electron chi connectivity index (χ0n) is 16.3. The topological polar surface area (TPSA) is 77.2 Å². The molecule has 2 fully saturated rings. The highest BCUT2D eigenvalue weighted by atomic mass is 32.2. The van der Waals surface area contributed by atoms with Crippen LogP contribution in [0.4, 0.5) is 0 Å². The Morgan fingerprint density at radius 2 is 1.71 bits per heavy atom. The molecule has 0 amide bonds. The molecule has 28 heavy (non-hydrogen) atoms. The number of aromatic nitrogens is 3. The van der Waals surface area contributed by atoms with Gasteiger partial charge in [-0.1, -0.05) is 37.5 Å². The van der Waals surface area contributed by atoms with E-state index in [1.54, 1.807) is 15.9 Å². The highest BCUT2D eigenvalue weighted by Crippen LogP contribution is 2.32. The Labute approximate surface area is 166 Å². The van der Waals surface area contributed by atoms with Gasteiger partial charge in [-0.3, -0.25) is 0 Å². The standard InChI is InChI=1S/C20H28N4O3S/c1-22-20(25)24(17-10-4-2-5-11-17)19(21-22)16-9-8-14-23(15-16)28(26,27)18-12-6-3-7-13-18/h2,4-5,10-11,16,18H,3,6-9,12-15H2,1H3. The van der Waals surface area contributed by atoms with Crippen LogP contribution in [-0.4, -0.2) is 45.4 Å². The molecule has 0 N–H and O–H groups in total. The number of benzene rings is 1. The van der Waals surface area contributed by atoms with E-state index in [-0.39, 0.29) is 16.9 Å². The molecule has 7 nitrogen and oxygen atoms in total. The average molecular weight is 405 g/mol. The van der Waals surface area contributed by atoms with Crippen molar-refractivity contribution < 1.29 is 8.42 Å². The number of hydrogen-bond acceptors (Lipinski definition) is 4. The molecule has 152 valence electrons. The fourth-order valence-corrected chi connectivity index (χ4v) is 6.65. The Hall–Kier alpha value is -1.93. The summed E-state index contributed by atoms with van der Waals surface area (Å²) in [5.41, 5.74) is 0.566. The van der Waals surface area contributed by atoms with Crippen LogP contribution < -0.4 is 5.69 Å². The second kappa shape index (κ2) is 7.83. The number of aryl methyl sites for hydroxylation is 1. The minimum atomic E-state index is -3.30. The summed E-state index contributed by atoms with van der Waals surface area (Å²) >= 11 is 0. The number of sulfonamides is 1. The van der Waals surface area contributed by atoms with Crippen LogP contribution in [0.5, 0.6) is 0 Å². The quantitative estimate of drug-likeness (QED) is 0.784. The van der Waals surface area contributed by atoms with E-state index in [4.69, 9.17) is 0 Å². The second-order valence-corrected chi connectivity index (χ2v) is 10.2. The number of nitrogens with zero attached hydrogens (tertiary/aromatic N) is 4. The van der Waals surface area contributed by atoms with Crippen LogP contribution in [0, 0.1) is 0 Å². The molecule has 1 saturated carbocycles. The maximum Gasteiger partial charge on any atom is 0.350 e. The van der Waals surface area contributed by atoms with Crippen molar-refractivity contribution in [2.45, 2.75) is 56.1 Å². The van der Waals surface area contributed by atoms with Crippen molar-refractivity contribution in [3.63, 3.8) is 0 Å². The summed E-state index contributed by atoms with van der Waals surface area (Å²) in [6, 6.07) is 9.44. The highest BCUT2D eigenvalue weighted by molar-refractivity contribution is 7.89. The van der Waals surface area contributed by atoms with Crippen LogP contribution in [0.15, 0.2) is 35.1 Å². The Bertz CT molecular complexity index is 975. The normalized spacial score (nSPS) is 22.4. The molecule has 2 aromatic rings. The molecule has 1 aliphatic heterocycles. The van der Waals surface area contributed by atoms with Crippen LogP contribution in [-0.2, 0) is 17.1 Å². The summed E-state index contributed by atoms with van der Waals surface area (Å²) in [6.45, 7) is 0.972. The summed E-state index contributed by atoms with van der Waals surface area (Å²) in [5, 5.41) is 4.23. The molecular formula is C20H28N4O3S. The molecule has 1 unspecified atom stereocenters. The van der Waals surface area contributed by atoms with Crippen molar-refractivity contribution in [3.8, 4) is 5.69 Å². The van der Waals surface area contributed by atoms with Crippen molar-refractivity contribution in [2.24, 2.45) is 7.05 Å². The summed E-state index contributed by atoms with van der Waals surface area (Å²) < 4.78 is 31.0. The lowest BCUT2D eigenvalue weighted by atomic mass is 9.98. The molecule has 1 aromatic heterocycles. The van der Waals surface area contributed by atoms with E-state index in [1.165, 1.54) is 4.68 Å². The SMILES string of the molecule is Cn1nc(C2CCCN(S(=O)(=O)C3CCCCC3)C2)n(-c2ccccc2)c1=O. The lowest BCUT2D eigenvalue weighted by molar-refractivity contribution is 0.299. The first-order chi connectivity index (χ1) is 13.5. The fourth-order valence-electron chi connectivity index (χ4n) is 4.53.